The zero-order valence-electron chi connectivity index (χ0n) is 13.7. The van der Waals surface area contributed by atoms with E-state index in [0.717, 1.165) is 14.7 Å². The van der Waals surface area contributed by atoms with Gasteiger partial charge in [-0.2, -0.15) is 13.2 Å². The Morgan fingerprint density at radius 2 is 1.77 bits per heavy atom. The molecule has 0 spiro atoms. The zero-order chi connectivity index (χ0) is 19.5. The zero-order valence-corrected chi connectivity index (χ0v) is 16.1. The molecule has 0 saturated heterocycles. The first-order valence-corrected chi connectivity index (χ1v) is 9.69. The molecule has 2 aromatic carbocycles. The normalized spacial score (nSPS) is 14.0. The number of alkyl halides is 3. The van der Waals surface area contributed by atoms with E-state index in [1.807, 2.05) is 35.8 Å². The quantitative estimate of drug-likeness (QED) is 0.629. The van der Waals surface area contributed by atoms with Crippen molar-refractivity contribution < 1.29 is 23.1 Å². The minimum atomic E-state index is -5.10. The van der Waals surface area contributed by atoms with Crippen molar-refractivity contribution in [1.82, 2.24) is 0 Å². The summed E-state index contributed by atoms with van der Waals surface area (Å²) in [6.45, 7) is 0.389. The standard InChI is InChI=1S/C17H15ClF3NO2S2/c1-16(24,17(19,20)21)15(23)22-12-8-7-10(9-11(12)18)26-14-6-4-3-5-13(14)25-2/h3-9,24H,1-2H3,(H,22,23). The Bertz CT molecular complexity index is 813. The molecular formula is C17H15ClF3NO2S2. The summed E-state index contributed by atoms with van der Waals surface area (Å²) < 4.78 is 38.1. The third-order valence-corrected chi connectivity index (χ3v) is 5.78. The van der Waals surface area contributed by atoms with Crippen molar-refractivity contribution in [3.63, 3.8) is 0 Å². The third kappa shape index (κ3) is 4.68. The molecule has 0 radical (unpaired) electrons. The fourth-order valence-corrected chi connectivity index (χ4v) is 3.90. The fraction of sp³-hybridized carbons (Fsp3) is 0.235. The van der Waals surface area contributed by atoms with E-state index in [2.05, 4.69) is 0 Å². The second-order valence-electron chi connectivity index (χ2n) is 5.42. The number of nitrogens with one attached hydrogen (secondary N) is 1. The molecule has 9 heteroatoms. The number of rotatable bonds is 5. The number of amides is 1. The molecule has 0 aromatic heterocycles. The van der Waals surface area contributed by atoms with Gasteiger partial charge in [-0.05, 0) is 43.5 Å². The van der Waals surface area contributed by atoms with Crippen LogP contribution in [-0.4, -0.2) is 29.0 Å². The maximum Gasteiger partial charge on any atom is 0.426 e. The van der Waals surface area contributed by atoms with Crippen molar-refractivity contribution in [2.75, 3.05) is 11.6 Å². The number of aliphatic hydroxyl groups is 1. The molecule has 2 N–H and O–H groups in total. The average molecular weight is 422 g/mol. The van der Waals surface area contributed by atoms with Gasteiger partial charge in [-0.25, -0.2) is 0 Å². The first-order chi connectivity index (χ1) is 12.1. The highest BCUT2D eigenvalue weighted by molar-refractivity contribution is 8.02. The topological polar surface area (TPSA) is 49.3 Å². The first-order valence-electron chi connectivity index (χ1n) is 7.27. The van der Waals surface area contributed by atoms with Crippen LogP contribution in [0.5, 0.6) is 0 Å². The van der Waals surface area contributed by atoms with Crippen molar-refractivity contribution in [1.29, 1.82) is 0 Å². The first kappa shape index (κ1) is 21.0. The molecule has 0 aliphatic carbocycles. The number of anilines is 1. The van der Waals surface area contributed by atoms with Crippen LogP contribution in [0.1, 0.15) is 6.92 Å². The summed E-state index contributed by atoms with van der Waals surface area (Å²) in [6.07, 6.45) is -3.14. The number of carbonyl (C=O) groups excluding carboxylic acids is 1. The van der Waals surface area contributed by atoms with E-state index in [4.69, 9.17) is 11.6 Å². The fourth-order valence-electron chi connectivity index (χ4n) is 1.86. The van der Waals surface area contributed by atoms with Crippen molar-refractivity contribution >= 4 is 46.7 Å². The summed E-state index contributed by atoms with van der Waals surface area (Å²) in [6, 6.07) is 12.3. The van der Waals surface area contributed by atoms with Crippen LogP contribution in [0.4, 0.5) is 18.9 Å². The average Bonchev–Trinajstić information content (AvgIpc) is 2.56. The molecule has 2 aromatic rings. The van der Waals surface area contributed by atoms with Crippen LogP contribution in [0.15, 0.2) is 57.2 Å². The van der Waals surface area contributed by atoms with E-state index >= 15 is 0 Å². The van der Waals surface area contributed by atoms with E-state index in [1.54, 1.807) is 23.9 Å². The molecule has 0 bridgehead atoms. The summed E-state index contributed by atoms with van der Waals surface area (Å²) >= 11 is 9.11. The molecule has 1 unspecified atom stereocenters. The van der Waals surface area contributed by atoms with Gasteiger partial charge in [0.2, 0.25) is 5.60 Å². The maximum absolute atomic E-state index is 12.7. The molecule has 0 heterocycles. The third-order valence-electron chi connectivity index (χ3n) is 3.48. The molecule has 0 aliphatic heterocycles. The molecule has 2 rings (SSSR count). The van der Waals surface area contributed by atoms with Crippen molar-refractivity contribution in [2.45, 2.75) is 33.4 Å². The Hall–Kier alpha value is -1.35. The summed E-state index contributed by atoms with van der Waals surface area (Å²) in [5, 5.41) is 11.5. The Labute approximate surface area is 162 Å². The molecule has 0 fully saturated rings. The minimum Gasteiger partial charge on any atom is -0.373 e. The Morgan fingerprint density at radius 3 is 2.31 bits per heavy atom. The Balaban J connectivity index is 2.19. The van der Waals surface area contributed by atoms with Gasteiger partial charge < -0.3 is 10.4 Å². The summed E-state index contributed by atoms with van der Waals surface area (Å²) in [4.78, 5) is 14.6. The minimum absolute atomic E-state index is 0.0105. The molecule has 0 aliphatic rings. The number of hydrogen-bond acceptors (Lipinski definition) is 4. The van der Waals surface area contributed by atoms with Gasteiger partial charge in [0.05, 0.1) is 10.7 Å². The van der Waals surface area contributed by atoms with Crippen molar-refractivity contribution in [3.05, 3.63) is 47.5 Å². The molecular weight excluding hydrogens is 407 g/mol. The smallest absolute Gasteiger partial charge is 0.373 e. The number of thioether (sulfide) groups is 1. The van der Waals surface area contributed by atoms with E-state index < -0.39 is 17.7 Å². The number of carbonyl (C=O) groups is 1. The second kappa shape index (κ2) is 8.12. The van der Waals surface area contributed by atoms with Crippen LogP contribution in [0.3, 0.4) is 0 Å². The Kier molecular flexibility index (Phi) is 6.55. The Morgan fingerprint density at radius 1 is 1.15 bits per heavy atom. The summed E-state index contributed by atoms with van der Waals surface area (Å²) in [5.74, 6) is -1.60. The van der Waals surface area contributed by atoms with E-state index in [-0.39, 0.29) is 10.7 Å². The van der Waals surface area contributed by atoms with Crippen LogP contribution < -0.4 is 5.32 Å². The lowest BCUT2D eigenvalue weighted by Crippen LogP contribution is -2.52. The molecule has 1 atom stereocenters. The van der Waals surface area contributed by atoms with Crippen molar-refractivity contribution in [2.24, 2.45) is 0 Å². The molecule has 26 heavy (non-hydrogen) atoms. The van der Waals surface area contributed by atoms with Gasteiger partial charge in [-0.1, -0.05) is 35.5 Å². The summed E-state index contributed by atoms with van der Waals surface area (Å²) in [7, 11) is 0. The monoisotopic (exact) mass is 421 g/mol. The number of benzene rings is 2. The lowest BCUT2D eigenvalue weighted by Gasteiger charge is -2.25. The van der Waals surface area contributed by atoms with E-state index in [1.165, 1.54) is 17.8 Å². The van der Waals surface area contributed by atoms with E-state index in [9.17, 15) is 23.1 Å². The lowest BCUT2D eigenvalue weighted by atomic mass is 10.1. The number of hydrogen-bond donors (Lipinski definition) is 2. The van der Waals surface area contributed by atoms with Crippen LogP contribution in [0.2, 0.25) is 5.02 Å². The lowest BCUT2D eigenvalue weighted by molar-refractivity contribution is -0.242. The highest BCUT2D eigenvalue weighted by Gasteiger charge is 2.55. The molecule has 3 nitrogen and oxygen atoms in total. The van der Waals surface area contributed by atoms with Crippen LogP contribution in [-0.2, 0) is 4.79 Å². The van der Waals surface area contributed by atoms with Gasteiger partial charge in [0, 0.05) is 14.7 Å². The molecule has 0 saturated carbocycles. The van der Waals surface area contributed by atoms with Crippen LogP contribution in [0, 0.1) is 0 Å². The van der Waals surface area contributed by atoms with Gasteiger partial charge in [0.15, 0.2) is 0 Å². The number of halogens is 4. The van der Waals surface area contributed by atoms with Gasteiger partial charge in [-0.15, -0.1) is 11.8 Å². The van der Waals surface area contributed by atoms with Crippen molar-refractivity contribution in [3.8, 4) is 0 Å². The maximum atomic E-state index is 12.7. The highest BCUT2D eigenvalue weighted by atomic mass is 35.5. The van der Waals surface area contributed by atoms with Gasteiger partial charge >= 0.3 is 6.18 Å². The largest absolute Gasteiger partial charge is 0.426 e. The van der Waals surface area contributed by atoms with Gasteiger partial charge in [0.25, 0.3) is 5.91 Å². The predicted molar refractivity (Wildman–Crippen MR) is 99.1 cm³/mol. The predicted octanol–water partition coefficient (Wildman–Crippen LogP) is 5.46. The molecule has 1 amide bonds. The second-order valence-corrected chi connectivity index (χ2v) is 7.79. The van der Waals surface area contributed by atoms with Gasteiger partial charge in [0.1, 0.15) is 0 Å². The van der Waals surface area contributed by atoms with Gasteiger partial charge in [-0.3, -0.25) is 4.79 Å². The highest BCUT2D eigenvalue weighted by Crippen LogP contribution is 2.38. The van der Waals surface area contributed by atoms with E-state index in [0.29, 0.717) is 6.92 Å². The van der Waals surface area contributed by atoms with Crippen LogP contribution >= 0.6 is 35.1 Å². The van der Waals surface area contributed by atoms with Crippen LogP contribution in [0.25, 0.3) is 0 Å². The molecule has 140 valence electrons. The summed E-state index contributed by atoms with van der Waals surface area (Å²) in [5.41, 5.74) is -3.52. The SMILES string of the molecule is CSc1ccccc1Sc1ccc(NC(=O)C(C)(O)C(F)(F)F)c(Cl)c1.